The monoisotopic (exact) mass is 1030 g/mol. The molecule has 2 N–H and O–H groups in total. The number of likely N-dealkylation sites (N-methyl/N-ethyl adjacent to an activating group) is 3. The quantitative estimate of drug-likeness (QED) is 0.0507. The molecule has 0 aliphatic heterocycles. The standard InChI is InChI=1S/C41H68Br3N3O12/c1-37(2,24-30(42)32(48)54-18-15-45(9)10)34(50)57-27-21-28(58-35(51)38(3,4)25-31(43)33(49)55-19-16-46(11)12)23-29(22-27)59-41(8,53)39(5,6)26-40(7,44)36(52)56-20-17-47(13)14/h21-23,30-31,36,52-53H,15-20,24-26H2,1-14H3. The first-order chi connectivity index (χ1) is 26.8. The number of esters is 4. The van der Waals surface area contributed by atoms with E-state index >= 15 is 0 Å². The van der Waals surface area contributed by atoms with Gasteiger partial charge in [-0.2, -0.15) is 0 Å². The number of carbonyl (C=O) groups is 4. The summed E-state index contributed by atoms with van der Waals surface area (Å²) in [5, 5.41) is 22.8. The Labute approximate surface area is 376 Å². The molecule has 0 heterocycles. The summed E-state index contributed by atoms with van der Waals surface area (Å²) < 4.78 is 33.2. The van der Waals surface area contributed by atoms with Gasteiger partial charge < -0.3 is 53.3 Å². The van der Waals surface area contributed by atoms with E-state index in [0.717, 1.165) is 0 Å². The van der Waals surface area contributed by atoms with Crippen molar-refractivity contribution >= 4 is 71.7 Å². The molecule has 340 valence electrons. The number of hydrogen-bond donors (Lipinski definition) is 2. The first-order valence-corrected chi connectivity index (χ1v) is 22.0. The largest absolute Gasteiger partial charge is 0.463 e. The van der Waals surface area contributed by atoms with Crippen molar-refractivity contribution in [1.29, 1.82) is 0 Å². The molecule has 59 heavy (non-hydrogen) atoms. The van der Waals surface area contributed by atoms with Crippen LogP contribution in [0.15, 0.2) is 18.2 Å². The van der Waals surface area contributed by atoms with E-state index < -0.39 is 66.2 Å². The first kappa shape index (κ1) is 55.1. The molecule has 0 bridgehead atoms. The van der Waals surface area contributed by atoms with Crippen molar-refractivity contribution in [3.8, 4) is 17.2 Å². The fraction of sp³-hybridized carbons (Fsp3) is 0.756. The van der Waals surface area contributed by atoms with Crippen molar-refractivity contribution in [3.05, 3.63) is 18.2 Å². The topological polar surface area (TPSA) is 174 Å². The molecule has 0 aliphatic carbocycles. The Balaban J connectivity index is 3.47. The molecule has 18 heteroatoms. The van der Waals surface area contributed by atoms with Crippen LogP contribution in [0.5, 0.6) is 17.2 Å². The minimum absolute atomic E-state index is 0.0171. The maximum absolute atomic E-state index is 13.7. The molecule has 0 saturated carbocycles. The average molecular weight is 1030 g/mol. The van der Waals surface area contributed by atoms with Gasteiger partial charge in [0.05, 0.1) is 21.8 Å². The molecule has 1 rings (SSSR count). The highest BCUT2D eigenvalue weighted by Crippen LogP contribution is 2.45. The third-order valence-electron chi connectivity index (χ3n) is 9.53. The summed E-state index contributed by atoms with van der Waals surface area (Å²) >= 11 is 10.3. The molecular weight excluding hydrogens is 966 g/mol. The predicted octanol–water partition coefficient (Wildman–Crippen LogP) is 5.62. The zero-order valence-corrected chi connectivity index (χ0v) is 42.0. The summed E-state index contributed by atoms with van der Waals surface area (Å²) in [6.07, 6.45) is -1.01. The van der Waals surface area contributed by atoms with Crippen molar-refractivity contribution in [2.75, 3.05) is 81.7 Å². The molecule has 15 nitrogen and oxygen atoms in total. The second-order valence-electron chi connectivity index (χ2n) is 17.9. The fourth-order valence-corrected chi connectivity index (χ4v) is 8.00. The molecule has 0 aromatic heterocycles. The lowest BCUT2D eigenvalue weighted by molar-refractivity contribution is -0.210. The van der Waals surface area contributed by atoms with Crippen LogP contribution in [0.4, 0.5) is 0 Å². The highest BCUT2D eigenvalue weighted by atomic mass is 79.9. The van der Waals surface area contributed by atoms with Gasteiger partial charge in [-0.15, -0.1) is 0 Å². The zero-order chi connectivity index (χ0) is 45.7. The van der Waals surface area contributed by atoms with Gasteiger partial charge >= 0.3 is 23.9 Å². The molecule has 0 radical (unpaired) electrons. The number of nitrogens with zero attached hydrogens (tertiary/aromatic N) is 3. The number of hydrogen-bond acceptors (Lipinski definition) is 15. The minimum atomic E-state index is -1.93. The van der Waals surface area contributed by atoms with Crippen LogP contribution in [0.2, 0.25) is 0 Å². The van der Waals surface area contributed by atoms with Crippen molar-refractivity contribution in [1.82, 2.24) is 14.7 Å². The second kappa shape index (κ2) is 23.5. The number of carbonyl (C=O) groups excluding carboxylic acids is 4. The van der Waals surface area contributed by atoms with Crippen molar-refractivity contribution in [2.45, 2.75) is 101 Å². The van der Waals surface area contributed by atoms with Gasteiger partial charge in [0.2, 0.25) is 5.79 Å². The number of rotatable bonds is 26. The number of ether oxygens (including phenoxy) is 6. The van der Waals surface area contributed by atoms with Gasteiger partial charge in [-0.05, 0) is 96.2 Å². The van der Waals surface area contributed by atoms with E-state index in [1.807, 2.05) is 57.0 Å². The van der Waals surface area contributed by atoms with E-state index in [4.69, 9.17) is 28.4 Å². The van der Waals surface area contributed by atoms with Crippen LogP contribution in [0.25, 0.3) is 0 Å². The molecule has 1 aromatic carbocycles. The van der Waals surface area contributed by atoms with Crippen LogP contribution in [0.3, 0.4) is 0 Å². The molecule has 0 amide bonds. The normalized spacial score (nSPS) is 16.2. The lowest BCUT2D eigenvalue weighted by Crippen LogP contribution is -2.52. The lowest BCUT2D eigenvalue weighted by Gasteiger charge is -2.44. The van der Waals surface area contributed by atoms with Crippen LogP contribution in [0.1, 0.15) is 74.7 Å². The average Bonchev–Trinajstić information content (AvgIpc) is 3.06. The Kier molecular flexibility index (Phi) is 22.0. The fourth-order valence-electron chi connectivity index (χ4n) is 5.28. The number of aliphatic hydroxyl groups is 2. The van der Waals surface area contributed by atoms with E-state index in [1.54, 1.807) is 48.5 Å². The molecule has 0 saturated heterocycles. The number of benzene rings is 1. The van der Waals surface area contributed by atoms with E-state index in [2.05, 4.69) is 47.8 Å². The molecule has 0 aliphatic rings. The summed E-state index contributed by atoms with van der Waals surface area (Å²) in [6, 6.07) is 4.06. The third-order valence-corrected chi connectivity index (χ3v) is 11.6. The minimum Gasteiger partial charge on any atom is -0.463 e. The summed E-state index contributed by atoms with van der Waals surface area (Å²) in [5.41, 5.74) is -3.48. The van der Waals surface area contributed by atoms with E-state index in [0.29, 0.717) is 19.6 Å². The van der Waals surface area contributed by atoms with Gasteiger partial charge in [-0.1, -0.05) is 61.6 Å². The van der Waals surface area contributed by atoms with Crippen molar-refractivity contribution < 1.29 is 57.8 Å². The zero-order valence-electron chi connectivity index (χ0n) is 37.3. The van der Waals surface area contributed by atoms with Gasteiger partial charge in [0.1, 0.15) is 40.1 Å². The Morgan fingerprint density at radius 1 is 0.644 bits per heavy atom. The van der Waals surface area contributed by atoms with Crippen LogP contribution in [-0.4, -0.2) is 157 Å². The maximum atomic E-state index is 13.7. The lowest BCUT2D eigenvalue weighted by atomic mass is 9.76. The van der Waals surface area contributed by atoms with E-state index in [9.17, 15) is 29.4 Å². The van der Waals surface area contributed by atoms with Crippen LogP contribution < -0.4 is 14.2 Å². The van der Waals surface area contributed by atoms with Crippen LogP contribution in [-0.2, 0) is 33.4 Å². The number of halogens is 3. The molecular formula is C41H68Br3N3O12. The summed E-state index contributed by atoms with van der Waals surface area (Å²) in [6.45, 7) is 15.5. The van der Waals surface area contributed by atoms with Crippen LogP contribution >= 0.6 is 47.8 Å². The van der Waals surface area contributed by atoms with Crippen LogP contribution in [0, 0.1) is 16.2 Å². The van der Waals surface area contributed by atoms with Gasteiger partial charge in [-0.25, -0.2) is 0 Å². The molecule has 0 spiro atoms. The number of alkyl halides is 3. The molecule has 0 fully saturated rings. The smallest absolute Gasteiger partial charge is 0.319 e. The van der Waals surface area contributed by atoms with Gasteiger partial charge in [0.25, 0.3) is 0 Å². The summed E-state index contributed by atoms with van der Waals surface area (Å²) in [7, 11) is 11.2. The first-order valence-electron chi connectivity index (χ1n) is 19.4. The van der Waals surface area contributed by atoms with Gasteiger partial charge in [0.15, 0.2) is 6.29 Å². The highest BCUT2D eigenvalue weighted by Gasteiger charge is 2.48. The van der Waals surface area contributed by atoms with Crippen molar-refractivity contribution in [2.24, 2.45) is 16.2 Å². The highest BCUT2D eigenvalue weighted by molar-refractivity contribution is 9.10. The summed E-state index contributed by atoms with van der Waals surface area (Å²) in [4.78, 5) is 56.7. The van der Waals surface area contributed by atoms with E-state index in [-0.39, 0.29) is 56.3 Å². The third kappa shape index (κ3) is 19.4. The molecule has 5 unspecified atom stereocenters. The molecule has 5 atom stereocenters. The van der Waals surface area contributed by atoms with Gasteiger partial charge in [0, 0.05) is 50.2 Å². The Bertz CT molecular complexity index is 1460. The van der Waals surface area contributed by atoms with Crippen molar-refractivity contribution in [3.63, 3.8) is 0 Å². The van der Waals surface area contributed by atoms with Gasteiger partial charge in [-0.3, -0.25) is 19.2 Å². The maximum Gasteiger partial charge on any atom is 0.319 e. The Hall–Kier alpha value is -1.90. The number of aliphatic hydroxyl groups excluding tert-OH is 1. The second-order valence-corrected chi connectivity index (χ2v) is 21.9. The predicted molar refractivity (Wildman–Crippen MR) is 236 cm³/mol. The molecule has 1 aromatic rings. The van der Waals surface area contributed by atoms with E-state index in [1.165, 1.54) is 25.1 Å². The Morgan fingerprint density at radius 2 is 1.00 bits per heavy atom. The SMILES string of the molecule is CN(C)CCOC(=O)C(Br)CC(C)(C)C(=O)Oc1cc(OC(=O)C(C)(C)CC(Br)C(=O)OCCN(C)C)cc(OC(C)(O)C(C)(C)CC(C)(Br)C(O)OCCN(C)C)c1. The summed E-state index contributed by atoms with van der Waals surface area (Å²) in [5.74, 6) is -4.57. The Morgan fingerprint density at radius 3 is 1.37 bits per heavy atom.